The number of hydrogen-bond donors (Lipinski definition) is 1. The molecule has 0 aromatic heterocycles. The molecule has 5 heteroatoms. The van der Waals surface area contributed by atoms with Crippen LogP contribution in [0.15, 0.2) is 30.3 Å². The summed E-state index contributed by atoms with van der Waals surface area (Å²) >= 11 is 0. The van der Waals surface area contributed by atoms with Crippen LogP contribution < -0.4 is 5.32 Å². The van der Waals surface area contributed by atoms with Crippen molar-refractivity contribution in [3.8, 4) is 0 Å². The Labute approximate surface area is 162 Å². The first-order chi connectivity index (χ1) is 13.2. The van der Waals surface area contributed by atoms with Gasteiger partial charge < -0.3 is 14.8 Å². The number of unbranched alkanes of at least 4 members (excludes halogenated alkanes) is 5. The summed E-state index contributed by atoms with van der Waals surface area (Å²) in [5.74, 6) is -0.211. The molecule has 0 radical (unpaired) electrons. The van der Waals surface area contributed by atoms with Crippen molar-refractivity contribution in [3.05, 3.63) is 35.9 Å². The highest BCUT2D eigenvalue weighted by Crippen LogP contribution is 2.34. The van der Waals surface area contributed by atoms with Crippen LogP contribution in [0.4, 0.5) is 0 Å². The van der Waals surface area contributed by atoms with Crippen molar-refractivity contribution in [2.45, 2.75) is 69.8 Å². The van der Waals surface area contributed by atoms with E-state index in [9.17, 15) is 9.59 Å². The van der Waals surface area contributed by atoms with Gasteiger partial charge >= 0.3 is 11.9 Å². The molecule has 0 spiro atoms. The highest BCUT2D eigenvalue weighted by Gasteiger charge is 2.39. The lowest BCUT2D eigenvalue weighted by Gasteiger charge is -2.36. The van der Waals surface area contributed by atoms with Crippen LogP contribution >= 0.6 is 0 Å². The van der Waals surface area contributed by atoms with Gasteiger partial charge in [-0.05, 0) is 18.4 Å². The Hall–Kier alpha value is -1.88. The third kappa shape index (κ3) is 7.33. The number of ether oxygens (including phenoxy) is 2. The van der Waals surface area contributed by atoms with Gasteiger partial charge in [0.2, 0.25) is 0 Å². The lowest BCUT2D eigenvalue weighted by molar-refractivity contribution is -0.668. The van der Waals surface area contributed by atoms with E-state index in [0.717, 1.165) is 70.0 Å². The molecule has 1 saturated heterocycles. The van der Waals surface area contributed by atoms with E-state index in [4.69, 9.17) is 4.74 Å². The van der Waals surface area contributed by atoms with Crippen molar-refractivity contribution >= 4 is 11.9 Å². The molecule has 0 atom stereocenters. The number of piperidine rings is 1. The number of quaternary nitrogens is 1. The van der Waals surface area contributed by atoms with E-state index in [2.05, 4.69) is 22.2 Å². The first-order valence-electron chi connectivity index (χ1n) is 10.3. The fraction of sp³-hybridized carbons (Fsp3) is 0.636. The van der Waals surface area contributed by atoms with Crippen molar-refractivity contribution in [2.24, 2.45) is 0 Å². The SMILES string of the molecule is COC(=O)CCCCCCCCC(=O)OC1(c2ccccc2)CC[NH2+]CC1. The Morgan fingerprint density at radius 2 is 1.44 bits per heavy atom. The molecular weight excluding hydrogens is 342 g/mol. The zero-order valence-electron chi connectivity index (χ0n) is 16.6. The maximum absolute atomic E-state index is 12.4. The predicted octanol–water partition coefficient (Wildman–Crippen LogP) is 3.08. The number of nitrogens with two attached hydrogens (primary N) is 1. The molecule has 150 valence electrons. The molecule has 2 N–H and O–H groups in total. The van der Waals surface area contributed by atoms with Gasteiger partial charge in [0.05, 0.1) is 20.2 Å². The van der Waals surface area contributed by atoms with Gasteiger partial charge in [-0.2, -0.15) is 0 Å². The predicted molar refractivity (Wildman–Crippen MR) is 104 cm³/mol. The van der Waals surface area contributed by atoms with Gasteiger partial charge in [-0.25, -0.2) is 0 Å². The van der Waals surface area contributed by atoms with E-state index < -0.39 is 5.60 Å². The van der Waals surface area contributed by atoms with Crippen LogP contribution in [0.5, 0.6) is 0 Å². The zero-order valence-corrected chi connectivity index (χ0v) is 16.6. The van der Waals surface area contributed by atoms with Crippen molar-refractivity contribution in [1.29, 1.82) is 0 Å². The number of carbonyl (C=O) groups is 2. The van der Waals surface area contributed by atoms with Gasteiger partial charge in [0.1, 0.15) is 5.60 Å². The monoisotopic (exact) mass is 376 g/mol. The van der Waals surface area contributed by atoms with Gasteiger partial charge in [0, 0.05) is 25.7 Å². The molecule has 1 aliphatic rings. The molecular formula is C22H34NO4+. The van der Waals surface area contributed by atoms with E-state index >= 15 is 0 Å². The fourth-order valence-electron chi connectivity index (χ4n) is 3.75. The van der Waals surface area contributed by atoms with Crippen LogP contribution in [0.2, 0.25) is 0 Å². The molecule has 0 unspecified atom stereocenters. The summed E-state index contributed by atoms with van der Waals surface area (Å²) in [5, 5.41) is 2.29. The number of hydrogen-bond acceptors (Lipinski definition) is 4. The maximum Gasteiger partial charge on any atom is 0.306 e. The van der Waals surface area contributed by atoms with Crippen LogP contribution in [0.1, 0.15) is 69.8 Å². The van der Waals surface area contributed by atoms with E-state index in [1.165, 1.54) is 7.11 Å². The van der Waals surface area contributed by atoms with Crippen molar-refractivity contribution in [3.63, 3.8) is 0 Å². The second-order valence-electron chi connectivity index (χ2n) is 7.40. The number of carbonyl (C=O) groups excluding carboxylic acids is 2. The van der Waals surface area contributed by atoms with Crippen LogP contribution in [-0.4, -0.2) is 32.1 Å². The molecule has 0 aliphatic carbocycles. The molecule has 1 aromatic rings. The number of methoxy groups -OCH3 is 1. The second-order valence-corrected chi connectivity index (χ2v) is 7.40. The zero-order chi connectivity index (χ0) is 19.4. The van der Waals surface area contributed by atoms with E-state index in [-0.39, 0.29) is 11.9 Å². The van der Waals surface area contributed by atoms with Crippen LogP contribution in [-0.2, 0) is 24.7 Å². The first kappa shape index (κ1) is 21.4. The summed E-state index contributed by atoms with van der Waals surface area (Å²) in [4.78, 5) is 23.5. The van der Waals surface area contributed by atoms with Gasteiger partial charge in [0.25, 0.3) is 0 Å². The van der Waals surface area contributed by atoms with Gasteiger partial charge in [-0.15, -0.1) is 0 Å². The second kappa shape index (κ2) is 11.8. The highest BCUT2D eigenvalue weighted by atomic mass is 16.6. The van der Waals surface area contributed by atoms with E-state index in [1.54, 1.807) is 0 Å². The molecule has 1 fully saturated rings. The quantitative estimate of drug-likeness (QED) is 0.476. The van der Waals surface area contributed by atoms with Crippen LogP contribution in [0.3, 0.4) is 0 Å². The van der Waals surface area contributed by atoms with Crippen molar-refractivity contribution in [1.82, 2.24) is 0 Å². The minimum absolute atomic E-state index is 0.0774. The molecule has 5 nitrogen and oxygen atoms in total. The third-order valence-corrected chi connectivity index (χ3v) is 5.35. The van der Waals surface area contributed by atoms with Crippen LogP contribution in [0.25, 0.3) is 0 Å². The Balaban J connectivity index is 1.67. The largest absolute Gasteiger partial charge is 0.469 e. The average Bonchev–Trinajstić information content (AvgIpc) is 2.71. The molecule has 0 bridgehead atoms. The molecule has 0 amide bonds. The maximum atomic E-state index is 12.4. The summed E-state index contributed by atoms with van der Waals surface area (Å²) in [5.41, 5.74) is 0.679. The Bertz CT molecular complexity index is 567. The first-order valence-corrected chi connectivity index (χ1v) is 10.3. The van der Waals surface area contributed by atoms with Gasteiger partial charge in [-0.1, -0.05) is 56.0 Å². The number of benzene rings is 1. The summed E-state index contributed by atoms with van der Waals surface area (Å²) < 4.78 is 10.7. The normalized spacial score (nSPS) is 15.9. The van der Waals surface area contributed by atoms with E-state index in [0.29, 0.717) is 12.8 Å². The Kier molecular flexibility index (Phi) is 9.32. The van der Waals surface area contributed by atoms with Crippen molar-refractivity contribution < 1.29 is 24.4 Å². The standard InChI is InChI=1S/C22H33NO4/c1-26-20(24)13-9-4-2-3-5-10-14-21(25)27-22(15-17-23-18-16-22)19-11-7-6-8-12-19/h6-8,11-12,23H,2-5,9-10,13-18H2,1H3/p+1. The van der Waals surface area contributed by atoms with Crippen molar-refractivity contribution in [2.75, 3.05) is 20.2 Å². The highest BCUT2D eigenvalue weighted by molar-refractivity contribution is 5.70. The Morgan fingerprint density at radius 1 is 0.889 bits per heavy atom. The minimum atomic E-state index is -0.443. The van der Waals surface area contributed by atoms with Gasteiger partial charge in [-0.3, -0.25) is 9.59 Å². The molecule has 1 heterocycles. The minimum Gasteiger partial charge on any atom is -0.469 e. The lowest BCUT2D eigenvalue weighted by atomic mass is 9.84. The van der Waals surface area contributed by atoms with E-state index in [1.807, 2.05) is 18.2 Å². The molecule has 1 aliphatic heterocycles. The number of rotatable bonds is 11. The molecule has 0 saturated carbocycles. The number of esters is 2. The van der Waals surface area contributed by atoms with Crippen LogP contribution in [0, 0.1) is 0 Å². The smallest absolute Gasteiger partial charge is 0.306 e. The van der Waals surface area contributed by atoms with Gasteiger partial charge in [0.15, 0.2) is 0 Å². The summed E-state index contributed by atoms with van der Waals surface area (Å²) in [6, 6.07) is 10.2. The lowest BCUT2D eigenvalue weighted by Crippen LogP contribution is -2.87. The summed E-state index contributed by atoms with van der Waals surface area (Å²) in [6.45, 7) is 1.99. The Morgan fingerprint density at radius 3 is 2.04 bits per heavy atom. The molecule has 1 aromatic carbocycles. The average molecular weight is 377 g/mol. The topological polar surface area (TPSA) is 69.2 Å². The fourth-order valence-corrected chi connectivity index (χ4v) is 3.75. The third-order valence-electron chi connectivity index (χ3n) is 5.35. The molecule has 27 heavy (non-hydrogen) atoms. The molecule has 2 rings (SSSR count). The summed E-state index contributed by atoms with van der Waals surface area (Å²) in [7, 11) is 1.43. The summed E-state index contributed by atoms with van der Waals surface area (Å²) in [6.07, 6.45) is 8.74.